The number of pyridine rings is 2. The van der Waals surface area contributed by atoms with E-state index in [2.05, 4.69) is 45.3 Å². The van der Waals surface area contributed by atoms with Crippen molar-refractivity contribution in [3.05, 3.63) is 47.8 Å². The quantitative estimate of drug-likeness (QED) is 0.925. The highest BCUT2D eigenvalue weighted by molar-refractivity contribution is 5.58. The van der Waals surface area contributed by atoms with Crippen LogP contribution in [0.25, 0.3) is 0 Å². The molecule has 0 radical (unpaired) electrons. The van der Waals surface area contributed by atoms with Crippen LogP contribution in [0.3, 0.4) is 0 Å². The van der Waals surface area contributed by atoms with Crippen molar-refractivity contribution in [3.8, 4) is 0 Å². The van der Waals surface area contributed by atoms with Crippen molar-refractivity contribution >= 4 is 11.6 Å². The van der Waals surface area contributed by atoms with Gasteiger partial charge in [-0.15, -0.1) is 0 Å². The van der Waals surface area contributed by atoms with E-state index < -0.39 is 0 Å². The Morgan fingerprint density at radius 2 is 2.10 bits per heavy atom. The Hall–Kier alpha value is -1.94. The molecule has 1 N–H and O–H groups in total. The second kappa shape index (κ2) is 5.59. The van der Waals surface area contributed by atoms with Crippen LogP contribution >= 0.6 is 0 Å². The van der Waals surface area contributed by atoms with Crippen molar-refractivity contribution < 1.29 is 0 Å². The minimum absolute atomic E-state index is 0.628. The summed E-state index contributed by atoms with van der Waals surface area (Å²) in [5.74, 6) is 2.55. The number of anilines is 2. The molecular weight excluding hydrogens is 248 g/mol. The Kier molecular flexibility index (Phi) is 3.65. The molecule has 0 saturated carbocycles. The summed E-state index contributed by atoms with van der Waals surface area (Å²) in [6, 6.07) is 8.37. The fraction of sp³-hybridized carbons (Fsp3) is 0.375. The first-order valence-corrected chi connectivity index (χ1v) is 7.14. The summed E-state index contributed by atoms with van der Waals surface area (Å²) in [6.07, 6.45) is 4.80. The zero-order valence-corrected chi connectivity index (χ0v) is 12.0. The van der Waals surface area contributed by atoms with E-state index in [0.29, 0.717) is 5.92 Å². The first-order valence-electron chi connectivity index (χ1n) is 7.14. The predicted molar refractivity (Wildman–Crippen MR) is 81.5 cm³/mol. The normalized spacial score (nSPS) is 14.9. The van der Waals surface area contributed by atoms with Gasteiger partial charge in [-0.3, -0.25) is 0 Å². The number of rotatable bonds is 4. The predicted octanol–water partition coefficient (Wildman–Crippen LogP) is 2.49. The van der Waals surface area contributed by atoms with Crippen molar-refractivity contribution in [2.45, 2.75) is 19.3 Å². The van der Waals surface area contributed by atoms with E-state index in [9.17, 15) is 0 Å². The van der Waals surface area contributed by atoms with Gasteiger partial charge in [0, 0.05) is 38.4 Å². The number of aromatic nitrogens is 2. The topological polar surface area (TPSA) is 41.1 Å². The molecule has 1 fully saturated rings. The summed E-state index contributed by atoms with van der Waals surface area (Å²) >= 11 is 0. The van der Waals surface area contributed by atoms with Crippen LogP contribution in [0.1, 0.15) is 24.0 Å². The standard InChI is InChI=1S/C16H20N4/c1-3-12-5-4-8-18-16(12)20(2)15-7-6-13(11-19-15)14-9-17-10-14/h4-8,11,14,17H,3,9-10H2,1-2H3. The summed E-state index contributed by atoms with van der Waals surface area (Å²) in [4.78, 5) is 11.1. The van der Waals surface area contributed by atoms with Gasteiger partial charge in [0.1, 0.15) is 11.6 Å². The van der Waals surface area contributed by atoms with Crippen LogP contribution in [-0.4, -0.2) is 30.1 Å². The van der Waals surface area contributed by atoms with Gasteiger partial charge in [-0.2, -0.15) is 0 Å². The Morgan fingerprint density at radius 3 is 2.70 bits per heavy atom. The molecule has 4 nitrogen and oxygen atoms in total. The molecule has 0 aromatic carbocycles. The zero-order chi connectivity index (χ0) is 13.9. The van der Waals surface area contributed by atoms with Crippen LogP contribution in [-0.2, 0) is 6.42 Å². The molecule has 104 valence electrons. The maximum atomic E-state index is 4.59. The summed E-state index contributed by atoms with van der Waals surface area (Å²) in [7, 11) is 2.02. The van der Waals surface area contributed by atoms with Crippen molar-refractivity contribution in [1.82, 2.24) is 15.3 Å². The van der Waals surface area contributed by atoms with Crippen LogP contribution in [0.15, 0.2) is 36.7 Å². The van der Waals surface area contributed by atoms with Crippen molar-refractivity contribution in [2.24, 2.45) is 0 Å². The third kappa shape index (κ3) is 2.39. The minimum atomic E-state index is 0.628. The minimum Gasteiger partial charge on any atom is -0.315 e. The van der Waals surface area contributed by atoms with Gasteiger partial charge in [-0.05, 0) is 29.7 Å². The first kappa shape index (κ1) is 13.1. The van der Waals surface area contributed by atoms with Gasteiger partial charge >= 0.3 is 0 Å². The maximum absolute atomic E-state index is 4.59. The fourth-order valence-corrected chi connectivity index (χ4v) is 2.48. The number of hydrogen-bond donors (Lipinski definition) is 1. The number of nitrogens with zero attached hydrogens (tertiary/aromatic N) is 3. The van der Waals surface area contributed by atoms with Gasteiger partial charge in [0.2, 0.25) is 0 Å². The molecule has 0 spiro atoms. The molecule has 3 heterocycles. The lowest BCUT2D eigenvalue weighted by Gasteiger charge is -2.27. The lowest BCUT2D eigenvalue weighted by molar-refractivity contribution is 0.447. The average Bonchev–Trinajstić information content (AvgIpc) is 2.45. The van der Waals surface area contributed by atoms with E-state index in [0.717, 1.165) is 31.1 Å². The van der Waals surface area contributed by atoms with Crippen LogP contribution in [0.5, 0.6) is 0 Å². The molecule has 0 aliphatic carbocycles. The van der Waals surface area contributed by atoms with E-state index in [4.69, 9.17) is 0 Å². The molecule has 0 bridgehead atoms. The second-order valence-corrected chi connectivity index (χ2v) is 5.20. The lowest BCUT2D eigenvalue weighted by Crippen LogP contribution is -2.39. The molecule has 2 aromatic rings. The molecule has 2 aromatic heterocycles. The fourth-order valence-electron chi connectivity index (χ4n) is 2.48. The number of aryl methyl sites for hydroxylation is 1. The van der Waals surface area contributed by atoms with Gasteiger partial charge in [0.15, 0.2) is 0 Å². The van der Waals surface area contributed by atoms with E-state index in [1.807, 2.05) is 25.5 Å². The van der Waals surface area contributed by atoms with E-state index in [1.165, 1.54) is 11.1 Å². The molecule has 0 atom stereocenters. The Labute approximate surface area is 119 Å². The Bertz CT molecular complexity index is 575. The SMILES string of the molecule is CCc1cccnc1N(C)c1ccc(C2CNC2)cn1. The summed E-state index contributed by atoms with van der Waals surface area (Å²) in [6.45, 7) is 4.28. The zero-order valence-electron chi connectivity index (χ0n) is 12.0. The van der Waals surface area contributed by atoms with Gasteiger partial charge in [-0.1, -0.05) is 19.1 Å². The third-order valence-electron chi connectivity index (χ3n) is 3.93. The molecule has 1 aliphatic rings. The van der Waals surface area contributed by atoms with Gasteiger partial charge in [0.05, 0.1) is 0 Å². The number of hydrogen-bond acceptors (Lipinski definition) is 4. The first-order chi connectivity index (χ1) is 9.79. The average molecular weight is 268 g/mol. The summed E-state index contributed by atoms with van der Waals surface area (Å²) in [5.41, 5.74) is 2.56. The van der Waals surface area contributed by atoms with Crippen molar-refractivity contribution in [3.63, 3.8) is 0 Å². The second-order valence-electron chi connectivity index (χ2n) is 5.20. The molecule has 20 heavy (non-hydrogen) atoms. The van der Waals surface area contributed by atoms with Gasteiger partial charge in [-0.25, -0.2) is 9.97 Å². The highest BCUT2D eigenvalue weighted by Gasteiger charge is 2.19. The Balaban J connectivity index is 1.84. The molecule has 0 amide bonds. The molecule has 4 heteroatoms. The monoisotopic (exact) mass is 268 g/mol. The van der Waals surface area contributed by atoms with E-state index in [1.54, 1.807) is 0 Å². The lowest BCUT2D eigenvalue weighted by atomic mass is 9.95. The van der Waals surface area contributed by atoms with Crippen molar-refractivity contribution in [2.75, 3.05) is 25.0 Å². The van der Waals surface area contributed by atoms with Gasteiger partial charge < -0.3 is 10.2 Å². The molecule has 1 aliphatic heterocycles. The highest BCUT2D eigenvalue weighted by Crippen LogP contribution is 2.25. The molecule has 1 saturated heterocycles. The third-order valence-corrected chi connectivity index (χ3v) is 3.93. The van der Waals surface area contributed by atoms with Crippen LogP contribution in [0, 0.1) is 0 Å². The largest absolute Gasteiger partial charge is 0.315 e. The molecule has 0 unspecified atom stereocenters. The van der Waals surface area contributed by atoms with E-state index in [-0.39, 0.29) is 0 Å². The van der Waals surface area contributed by atoms with Crippen molar-refractivity contribution in [1.29, 1.82) is 0 Å². The van der Waals surface area contributed by atoms with Crippen LogP contribution in [0.2, 0.25) is 0 Å². The highest BCUT2D eigenvalue weighted by atomic mass is 15.2. The summed E-state index contributed by atoms with van der Waals surface area (Å²) < 4.78 is 0. The maximum Gasteiger partial charge on any atom is 0.137 e. The molecule has 3 rings (SSSR count). The summed E-state index contributed by atoms with van der Waals surface area (Å²) in [5, 5.41) is 3.29. The molecular formula is C16H20N4. The van der Waals surface area contributed by atoms with Crippen LogP contribution in [0.4, 0.5) is 11.6 Å². The smallest absolute Gasteiger partial charge is 0.137 e. The van der Waals surface area contributed by atoms with E-state index >= 15 is 0 Å². The number of nitrogens with one attached hydrogen (secondary N) is 1. The van der Waals surface area contributed by atoms with Crippen LogP contribution < -0.4 is 10.2 Å². The Morgan fingerprint density at radius 1 is 1.25 bits per heavy atom. The van der Waals surface area contributed by atoms with Gasteiger partial charge in [0.25, 0.3) is 0 Å².